The first-order valence-electron chi connectivity index (χ1n) is 9.76. The van der Waals surface area contributed by atoms with Gasteiger partial charge in [0.15, 0.2) is 5.82 Å². The van der Waals surface area contributed by atoms with Crippen molar-refractivity contribution >= 4 is 21.8 Å². The molecular formula is C25H16N6. The van der Waals surface area contributed by atoms with Gasteiger partial charge in [-0.3, -0.25) is 0 Å². The number of para-hydroxylation sites is 1. The molecule has 0 aliphatic rings. The maximum atomic E-state index is 9.69. The number of hydrogen-bond donors (Lipinski definition) is 0. The normalized spacial score (nSPS) is 10.8. The summed E-state index contributed by atoms with van der Waals surface area (Å²) in [5.74, 6) is 1.68. The Balaban J connectivity index is 1.85. The molecule has 2 aromatic heterocycles. The second kappa shape index (κ2) is 7.05. The zero-order valence-electron chi connectivity index (χ0n) is 17.0. The number of hydrogen-bond acceptors (Lipinski definition) is 5. The van der Waals surface area contributed by atoms with E-state index >= 15 is 0 Å². The Morgan fingerprint density at radius 2 is 1.48 bits per heavy atom. The molecule has 146 valence electrons. The third-order valence-electron chi connectivity index (χ3n) is 5.28. The summed E-state index contributed by atoms with van der Waals surface area (Å²) in [7, 11) is 0. The van der Waals surface area contributed by atoms with Crippen LogP contribution in [0.5, 0.6) is 0 Å². The van der Waals surface area contributed by atoms with E-state index in [4.69, 9.17) is 0 Å². The van der Waals surface area contributed by atoms with Crippen LogP contribution in [0.15, 0.2) is 60.7 Å². The molecule has 6 nitrogen and oxygen atoms in total. The minimum Gasteiger partial charge on any atom is -0.309 e. The van der Waals surface area contributed by atoms with Gasteiger partial charge in [0.25, 0.3) is 0 Å². The highest BCUT2D eigenvalue weighted by atomic mass is 15.0. The van der Waals surface area contributed by atoms with E-state index in [1.807, 2.05) is 56.3 Å². The Kier molecular flexibility index (Phi) is 4.20. The minimum atomic E-state index is 0.474. The molecule has 6 heteroatoms. The first-order chi connectivity index (χ1) is 15.1. The molecule has 0 N–H and O–H groups in total. The van der Waals surface area contributed by atoms with Gasteiger partial charge in [-0.25, -0.2) is 15.0 Å². The van der Waals surface area contributed by atoms with Crippen LogP contribution in [0.3, 0.4) is 0 Å². The number of fused-ring (bicyclic) bond motifs is 3. The van der Waals surface area contributed by atoms with E-state index in [-0.39, 0.29) is 0 Å². The molecule has 0 bridgehead atoms. The van der Waals surface area contributed by atoms with Gasteiger partial charge in [0.05, 0.1) is 34.3 Å². The van der Waals surface area contributed by atoms with Crippen LogP contribution in [0.1, 0.15) is 22.8 Å². The fourth-order valence-electron chi connectivity index (χ4n) is 4.01. The van der Waals surface area contributed by atoms with Crippen molar-refractivity contribution in [3.63, 3.8) is 0 Å². The van der Waals surface area contributed by atoms with E-state index in [1.165, 1.54) is 0 Å². The van der Waals surface area contributed by atoms with Gasteiger partial charge >= 0.3 is 0 Å². The third-order valence-corrected chi connectivity index (χ3v) is 5.28. The second-order valence-electron chi connectivity index (χ2n) is 7.29. The number of benzene rings is 3. The van der Waals surface area contributed by atoms with Gasteiger partial charge in [-0.2, -0.15) is 10.5 Å². The molecule has 0 aliphatic carbocycles. The monoisotopic (exact) mass is 400 g/mol. The Morgan fingerprint density at radius 3 is 2.23 bits per heavy atom. The summed E-state index contributed by atoms with van der Waals surface area (Å²) < 4.78 is 2.11. The fraction of sp³-hybridized carbons (Fsp3) is 0.0800. The van der Waals surface area contributed by atoms with E-state index in [2.05, 4.69) is 43.8 Å². The first kappa shape index (κ1) is 18.5. The summed E-state index contributed by atoms with van der Waals surface area (Å²) in [4.78, 5) is 13.2. The molecule has 0 atom stereocenters. The van der Waals surface area contributed by atoms with Crippen LogP contribution >= 0.6 is 0 Å². The molecule has 0 unspecified atom stereocenters. The van der Waals surface area contributed by atoms with Crippen molar-refractivity contribution in [3.05, 3.63) is 83.4 Å². The van der Waals surface area contributed by atoms with Crippen molar-refractivity contribution in [3.8, 4) is 29.2 Å². The van der Waals surface area contributed by atoms with Crippen LogP contribution < -0.4 is 0 Å². The second-order valence-corrected chi connectivity index (χ2v) is 7.29. The van der Waals surface area contributed by atoms with Crippen molar-refractivity contribution in [1.29, 1.82) is 10.5 Å². The van der Waals surface area contributed by atoms with Crippen LogP contribution in [0.25, 0.3) is 38.9 Å². The van der Waals surface area contributed by atoms with Gasteiger partial charge in [0.1, 0.15) is 11.6 Å². The summed E-state index contributed by atoms with van der Waals surface area (Å²) >= 11 is 0. The van der Waals surface area contributed by atoms with Crippen LogP contribution in [0.4, 0.5) is 0 Å². The zero-order chi connectivity index (χ0) is 21.5. The molecule has 0 radical (unpaired) electrons. The van der Waals surface area contributed by atoms with Gasteiger partial charge in [0, 0.05) is 22.0 Å². The van der Waals surface area contributed by atoms with E-state index < -0.39 is 0 Å². The average molecular weight is 400 g/mol. The predicted octanol–water partition coefficient (Wildman–Crippen LogP) is 5.00. The van der Waals surface area contributed by atoms with Gasteiger partial charge in [-0.05, 0) is 50.2 Å². The predicted molar refractivity (Wildman–Crippen MR) is 119 cm³/mol. The molecule has 0 amide bonds. The third kappa shape index (κ3) is 2.99. The number of aromatic nitrogens is 4. The van der Waals surface area contributed by atoms with Gasteiger partial charge in [0.2, 0.25) is 0 Å². The maximum absolute atomic E-state index is 9.69. The quantitative estimate of drug-likeness (QED) is 0.416. The summed E-state index contributed by atoms with van der Waals surface area (Å²) in [5, 5.41) is 21.3. The summed E-state index contributed by atoms with van der Waals surface area (Å²) in [6, 6.07) is 23.9. The SMILES string of the molecule is Cc1nc(C)nc(-c2cc(-n3c4ccccc4c4ccc(C#N)cc43)ccc2C#N)n1. The number of rotatable bonds is 2. The fourth-order valence-corrected chi connectivity index (χ4v) is 4.01. The summed E-state index contributed by atoms with van der Waals surface area (Å²) in [6.45, 7) is 3.62. The smallest absolute Gasteiger partial charge is 0.164 e. The average Bonchev–Trinajstić information content (AvgIpc) is 3.11. The standard InChI is InChI=1S/C25H16N6/c1-15-28-16(2)30-25(29-15)22-12-19(9-8-18(22)14-27)31-23-6-4-3-5-20(23)21-10-7-17(13-26)11-24(21)31/h3-12H,1-2H3. The van der Waals surface area contributed by atoms with Gasteiger partial charge in [-0.1, -0.05) is 24.3 Å². The topological polar surface area (TPSA) is 91.2 Å². The first-order valence-corrected chi connectivity index (χ1v) is 9.76. The van der Waals surface area contributed by atoms with Gasteiger partial charge in [-0.15, -0.1) is 0 Å². The van der Waals surface area contributed by atoms with Crippen molar-refractivity contribution in [2.45, 2.75) is 13.8 Å². The van der Waals surface area contributed by atoms with Crippen molar-refractivity contribution in [2.75, 3.05) is 0 Å². The van der Waals surface area contributed by atoms with E-state index in [1.54, 1.807) is 6.07 Å². The lowest BCUT2D eigenvalue weighted by atomic mass is 10.1. The largest absolute Gasteiger partial charge is 0.309 e. The molecule has 0 spiro atoms. The summed E-state index contributed by atoms with van der Waals surface area (Å²) in [6.07, 6.45) is 0. The number of nitriles is 2. The van der Waals surface area contributed by atoms with Crippen molar-refractivity contribution < 1.29 is 0 Å². The number of aryl methyl sites for hydroxylation is 2. The summed E-state index contributed by atoms with van der Waals surface area (Å²) in [5.41, 5.74) is 4.55. The Hall–Kier alpha value is -4.55. The lowest BCUT2D eigenvalue weighted by molar-refractivity contribution is 0.927. The van der Waals surface area contributed by atoms with Crippen LogP contribution in [-0.4, -0.2) is 19.5 Å². The van der Waals surface area contributed by atoms with Gasteiger partial charge < -0.3 is 4.57 Å². The highest BCUT2D eigenvalue weighted by Gasteiger charge is 2.16. The molecule has 2 heterocycles. The highest BCUT2D eigenvalue weighted by molar-refractivity contribution is 6.09. The molecule has 31 heavy (non-hydrogen) atoms. The minimum absolute atomic E-state index is 0.474. The molecule has 5 rings (SSSR count). The molecule has 0 saturated heterocycles. The molecule has 0 aliphatic heterocycles. The lowest BCUT2D eigenvalue weighted by Gasteiger charge is -2.11. The zero-order valence-corrected chi connectivity index (χ0v) is 17.0. The Labute approximate surface area is 178 Å². The van der Waals surface area contributed by atoms with Crippen LogP contribution in [-0.2, 0) is 0 Å². The van der Waals surface area contributed by atoms with E-state index in [0.717, 1.165) is 27.5 Å². The Bertz CT molecular complexity index is 1560. The van der Waals surface area contributed by atoms with Crippen LogP contribution in [0, 0.1) is 36.5 Å². The highest BCUT2D eigenvalue weighted by Crippen LogP contribution is 2.34. The molecular weight excluding hydrogens is 384 g/mol. The molecule has 0 saturated carbocycles. The van der Waals surface area contributed by atoms with Crippen molar-refractivity contribution in [2.24, 2.45) is 0 Å². The van der Waals surface area contributed by atoms with E-state index in [0.29, 0.717) is 34.2 Å². The Morgan fingerprint density at radius 1 is 0.742 bits per heavy atom. The number of nitrogens with zero attached hydrogens (tertiary/aromatic N) is 6. The lowest BCUT2D eigenvalue weighted by Crippen LogP contribution is -2.02. The van der Waals surface area contributed by atoms with Crippen molar-refractivity contribution in [1.82, 2.24) is 19.5 Å². The maximum Gasteiger partial charge on any atom is 0.164 e. The molecule has 0 fully saturated rings. The van der Waals surface area contributed by atoms with Crippen LogP contribution in [0.2, 0.25) is 0 Å². The van der Waals surface area contributed by atoms with E-state index in [9.17, 15) is 10.5 Å². The molecule has 3 aromatic carbocycles. The molecule has 5 aromatic rings.